The van der Waals surface area contributed by atoms with E-state index in [1.165, 1.54) is 0 Å². The Morgan fingerprint density at radius 3 is 1.98 bits per heavy atom. The second kappa shape index (κ2) is 15.5. The molecule has 0 saturated heterocycles. The summed E-state index contributed by atoms with van der Waals surface area (Å²) in [5.41, 5.74) is 13.1. The van der Waals surface area contributed by atoms with E-state index < -0.39 is 0 Å². The van der Waals surface area contributed by atoms with E-state index in [0.717, 1.165) is 96.2 Å². The number of fused-ring (bicyclic) bond motifs is 3. The lowest BCUT2D eigenvalue weighted by Crippen LogP contribution is -2.15. The second-order valence-corrected chi connectivity index (χ2v) is 14.4. The van der Waals surface area contributed by atoms with Crippen LogP contribution in [0.25, 0.3) is 22.3 Å². The van der Waals surface area contributed by atoms with Crippen molar-refractivity contribution < 1.29 is 9.47 Å². The third-order valence-electron chi connectivity index (χ3n) is 10.6. The molecule has 10 rings (SSSR count). The summed E-state index contributed by atoms with van der Waals surface area (Å²) >= 11 is 0. The third-order valence-corrected chi connectivity index (χ3v) is 10.6. The first-order valence-electron chi connectivity index (χ1n) is 19.7. The van der Waals surface area contributed by atoms with Gasteiger partial charge in [-0.25, -0.2) is 0 Å². The molecule has 0 aliphatic carbocycles. The molecule has 8 aromatic carbocycles. The molecule has 2 aliphatic heterocycles. The average Bonchev–Trinajstić information content (AvgIpc) is 3.29. The van der Waals surface area contributed by atoms with Gasteiger partial charge in [-0.2, -0.15) is 0 Å². The summed E-state index contributed by atoms with van der Waals surface area (Å²) in [4.78, 5) is 4.49. The minimum atomic E-state index is 0.734. The average molecular weight is 762 g/mol. The number of nitrogens with one attached hydrogen (secondary N) is 1. The molecule has 0 aromatic heterocycles. The number of nitrogens with zero attached hydrogens (tertiary/aromatic N) is 2. The maximum atomic E-state index is 6.58. The third kappa shape index (κ3) is 7.14. The van der Waals surface area contributed by atoms with Gasteiger partial charge in [-0.05, 0) is 137 Å². The number of rotatable bonds is 8. The Morgan fingerprint density at radius 2 is 1.17 bits per heavy atom. The number of allylic oxidation sites excluding steroid dienone is 4. The molecule has 0 bridgehead atoms. The van der Waals surface area contributed by atoms with Crippen LogP contribution in [-0.4, -0.2) is 0 Å². The maximum Gasteiger partial charge on any atom is 0.152 e. The number of ether oxygens (including phenoxy) is 2. The highest BCUT2D eigenvalue weighted by atomic mass is 16.5. The molecule has 5 nitrogen and oxygen atoms in total. The lowest BCUT2D eigenvalue weighted by molar-refractivity contribution is 0.477. The van der Waals surface area contributed by atoms with Gasteiger partial charge in [-0.15, -0.1) is 0 Å². The van der Waals surface area contributed by atoms with Gasteiger partial charge in [0.05, 0.1) is 22.7 Å². The maximum absolute atomic E-state index is 6.58. The topological polar surface area (TPSA) is 37.0 Å². The van der Waals surface area contributed by atoms with Crippen LogP contribution < -0.4 is 24.6 Å². The smallest absolute Gasteiger partial charge is 0.152 e. The molecule has 0 unspecified atom stereocenters. The number of hydrogen-bond acceptors (Lipinski definition) is 5. The Hall–Kier alpha value is -8.02. The Morgan fingerprint density at radius 1 is 0.508 bits per heavy atom. The molecule has 0 atom stereocenters. The summed E-state index contributed by atoms with van der Waals surface area (Å²) in [6.45, 7) is 4.67. The van der Waals surface area contributed by atoms with Crippen LogP contribution in [-0.2, 0) is 0 Å². The molecule has 0 fully saturated rings. The van der Waals surface area contributed by atoms with Gasteiger partial charge in [0.2, 0.25) is 0 Å². The molecule has 0 radical (unpaired) electrons. The van der Waals surface area contributed by atoms with Gasteiger partial charge >= 0.3 is 0 Å². The first kappa shape index (κ1) is 35.4. The first-order chi connectivity index (χ1) is 29.1. The summed E-state index contributed by atoms with van der Waals surface area (Å²) < 4.78 is 13.1. The van der Waals surface area contributed by atoms with E-state index in [9.17, 15) is 0 Å². The number of benzene rings is 8. The fraction of sp³-hybridized carbons (Fsp3) is 0. The van der Waals surface area contributed by atoms with Crippen LogP contribution in [0, 0.1) is 0 Å². The summed E-state index contributed by atoms with van der Waals surface area (Å²) in [7, 11) is 0. The van der Waals surface area contributed by atoms with E-state index in [1.54, 1.807) is 0 Å². The van der Waals surface area contributed by atoms with Crippen LogP contribution >= 0.6 is 0 Å². The molecule has 0 amide bonds. The highest BCUT2D eigenvalue weighted by Gasteiger charge is 2.26. The fourth-order valence-electron chi connectivity index (χ4n) is 7.72. The molecule has 0 saturated carbocycles. The van der Waals surface area contributed by atoms with Crippen LogP contribution in [0.4, 0.5) is 39.8 Å². The number of anilines is 7. The van der Waals surface area contributed by atoms with E-state index in [2.05, 4.69) is 143 Å². The molecule has 282 valence electrons. The van der Waals surface area contributed by atoms with E-state index in [1.807, 2.05) is 97.1 Å². The van der Waals surface area contributed by atoms with Crippen molar-refractivity contribution in [3.8, 4) is 34.1 Å². The van der Waals surface area contributed by atoms with Crippen LogP contribution in [0.2, 0.25) is 0 Å². The Kier molecular flexibility index (Phi) is 9.29. The Bertz CT molecular complexity index is 2880. The minimum Gasteiger partial charge on any atom is -0.455 e. The monoisotopic (exact) mass is 761 g/mol. The van der Waals surface area contributed by atoms with Crippen molar-refractivity contribution in [1.29, 1.82) is 0 Å². The normalized spacial score (nSPS) is 14.3. The Balaban J connectivity index is 1.01. The quantitative estimate of drug-likeness (QED) is 0.167. The highest BCUT2D eigenvalue weighted by molar-refractivity contribution is 5.95. The summed E-state index contributed by atoms with van der Waals surface area (Å²) in [6, 6.07) is 68.4. The highest BCUT2D eigenvalue weighted by Crippen LogP contribution is 2.51. The zero-order valence-corrected chi connectivity index (χ0v) is 32.2. The van der Waals surface area contributed by atoms with Crippen molar-refractivity contribution in [1.82, 2.24) is 0 Å². The molecule has 5 heteroatoms. The number of para-hydroxylation sites is 7. The first-order valence-corrected chi connectivity index (χ1v) is 19.7. The van der Waals surface area contributed by atoms with E-state index in [4.69, 9.17) is 9.47 Å². The van der Waals surface area contributed by atoms with E-state index >= 15 is 0 Å². The van der Waals surface area contributed by atoms with Gasteiger partial charge in [0.15, 0.2) is 17.2 Å². The summed E-state index contributed by atoms with van der Waals surface area (Å²) in [5.74, 6) is 3.09. The second-order valence-electron chi connectivity index (χ2n) is 14.4. The minimum absolute atomic E-state index is 0.734. The molecule has 2 heterocycles. The summed E-state index contributed by atoms with van der Waals surface area (Å²) in [6.07, 6.45) is 6.45. The van der Waals surface area contributed by atoms with Crippen molar-refractivity contribution in [2.24, 2.45) is 0 Å². The lowest BCUT2D eigenvalue weighted by atomic mass is 9.93. The van der Waals surface area contributed by atoms with Crippen molar-refractivity contribution in [3.63, 3.8) is 0 Å². The van der Waals surface area contributed by atoms with Crippen molar-refractivity contribution in [2.45, 2.75) is 0 Å². The van der Waals surface area contributed by atoms with Gasteiger partial charge in [0.1, 0.15) is 5.75 Å². The largest absolute Gasteiger partial charge is 0.455 e. The zero-order valence-electron chi connectivity index (χ0n) is 32.2. The SMILES string of the molecule is C=C1/C=C(c2cccc(Oc3ccccc3Nc3ccccc3)c2)\C=C/N(c2ccccc2)c2ccc(-c3ccc4c(c3)Oc3ccccc3N4c3ccccc3)cc21. The van der Waals surface area contributed by atoms with E-state index in [-0.39, 0.29) is 0 Å². The molecule has 59 heavy (non-hydrogen) atoms. The molecule has 1 N–H and O–H groups in total. The van der Waals surface area contributed by atoms with Crippen LogP contribution in [0.1, 0.15) is 11.1 Å². The lowest BCUT2D eigenvalue weighted by Gasteiger charge is -2.33. The van der Waals surface area contributed by atoms with Gasteiger partial charge in [0, 0.05) is 28.8 Å². The van der Waals surface area contributed by atoms with Crippen molar-refractivity contribution >= 4 is 51.0 Å². The molecule has 0 spiro atoms. The Labute approximate surface area is 344 Å². The van der Waals surface area contributed by atoms with Crippen molar-refractivity contribution in [2.75, 3.05) is 15.1 Å². The van der Waals surface area contributed by atoms with Crippen molar-refractivity contribution in [3.05, 3.63) is 236 Å². The zero-order chi connectivity index (χ0) is 39.5. The molecular weight excluding hydrogens is 723 g/mol. The molecular formula is C54H39N3O2. The van der Waals surface area contributed by atoms with Gasteiger partial charge in [-0.1, -0.05) is 110 Å². The number of hydrogen-bond donors (Lipinski definition) is 1. The van der Waals surface area contributed by atoms with Gasteiger partial charge in [-0.3, -0.25) is 0 Å². The van der Waals surface area contributed by atoms with Gasteiger partial charge in [0.25, 0.3) is 0 Å². The standard InChI is InChI=1S/C54H39N3O2/c1-38-34-42(39-16-15-23-46(35-39)58-52-26-13-11-24-48(52)55-43-17-5-2-6-18-43)32-33-56(44-19-7-3-8-20-44)49-30-28-40(36-47(38)49)41-29-31-51-54(37-41)59-53-27-14-12-25-50(53)57(51)45-21-9-4-10-22-45/h2-37,55H,1H2/b33-32-,42-34+. The summed E-state index contributed by atoms with van der Waals surface area (Å²) in [5, 5.41) is 3.49. The van der Waals surface area contributed by atoms with Crippen LogP contribution in [0.15, 0.2) is 225 Å². The van der Waals surface area contributed by atoms with Crippen LogP contribution in [0.5, 0.6) is 23.0 Å². The predicted octanol–water partition coefficient (Wildman–Crippen LogP) is 15.2. The van der Waals surface area contributed by atoms with E-state index in [0.29, 0.717) is 0 Å². The van der Waals surface area contributed by atoms with Crippen LogP contribution in [0.3, 0.4) is 0 Å². The molecule has 2 aliphatic rings. The molecule has 8 aromatic rings. The predicted molar refractivity (Wildman–Crippen MR) is 244 cm³/mol. The fourth-order valence-corrected chi connectivity index (χ4v) is 7.72. The van der Waals surface area contributed by atoms with Gasteiger partial charge < -0.3 is 24.6 Å².